The van der Waals surface area contributed by atoms with Crippen LogP contribution in [-0.2, 0) is 20.8 Å². The van der Waals surface area contributed by atoms with Crippen LogP contribution in [0.2, 0.25) is 0 Å². The zero-order valence-corrected chi connectivity index (χ0v) is 14.3. The molecule has 3 saturated heterocycles. The molecule has 0 aliphatic carbocycles. The van der Waals surface area contributed by atoms with Crippen molar-refractivity contribution in [1.29, 1.82) is 0 Å². The Kier molecular flexibility index (Phi) is 4.61. The number of morpholine rings is 1. The van der Waals surface area contributed by atoms with Gasteiger partial charge in [0, 0.05) is 38.7 Å². The Bertz CT molecular complexity index is 581. The van der Waals surface area contributed by atoms with Crippen LogP contribution >= 0.6 is 0 Å². The average Bonchev–Trinajstić information content (AvgIpc) is 3.23. The summed E-state index contributed by atoms with van der Waals surface area (Å²) in [5.41, 5.74) is 0. The first-order chi connectivity index (χ1) is 11.7. The lowest BCUT2D eigenvalue weighted by Crippen LogP contribution is -2.54. The van der Waals surface area contributed by atoms with Crippen LogP contribution in [0.25, 0.3) is 0 Å². The smallest absolute Gasteiger partial charge is 0.227 e. The highest BCUT2D eigenvalue weighted by atomic mass is 16.5. The van der Waals surface area contributed by atoms with Crippen molar-refractivity contribution in [2.75, 3.05) is 46.0 Å². The topological polar surface area (TPSA) is 55.2 Å². The van der Waals surface area contributed by atoms with Gasteiger partial charge >= 0.3 is 0 Å². The average molecular weight is 334 g/mol. The molecular formula is C18H26N2O4. The van der Waals surface area contributed by atoms with E-state index in [9.17, 15) is 4.79 Å². The monoisotopic (exact) mass is 334 g/mol. The summed E-state index contributed by atoms with van der Waals surface area (Å²) in [6, 6.07) is 4.01. The zero-order valence-electron chi connectivity index (χ0n) is 14.3. The quantitative estimate of drug-likeness (QED) is 0.834. The number of amides is 1. The minimum Gasteiger partial charge on any atom is -0.465 e. The molecule has 1 aromatic heterocycles. The molecule has 4 rings (SSSR count). The summed E-state index contributed by atoms with van der Waals surface area (Å²) in [5, 5.41) is 0. The summed E-state index contributed by atoms with van der Waals surface area (Å²) in [6.45, 7) is 7.88. The normalized spacial score (nSPS) is 31.2. The van der Waals surface area contributed by atoms with E-state index in [2.05, 4.69) is 4.90 Å². The Balaban J connectivity index is 1.47. The Morgan fingerprint density at radius 1 is 1.21 bits per heavy atom. The van der Waals surface area contributed by atoms with Crippen LogP contribution in [0.5, 0.6) is 0 Å². The van der Waals surface area contributed by atoms with Gasteiger partial charge in [-0.2, -0.15) is 0 Å². The van der Waals surface area contributed by atoms with Crippen molar-refractivity contribution in [2.45, 2.75) is 26.0 Å². The maximum atomic E-state index is 13.1. The largest absolute Gasteiger partial charge is 0.465 e. The van der Waals surface area contributed by atoms with Crippen molar-refractivity contribution < 1.29 is 18.7 Å². The number of rotatable bonds is 3. The first kappa shape index (κ1) is 16.1. The Labute approximate surface area is 142 Å². The predicted octanol–water partition coefficient (Wildman–Crippen LogP) is 1.28. The van der Waals surface area contributed by atoms with Gasteiger partial charge in [-0.25, -0.2) is 0 Å². The SMILES string of the molecule is Cc1ccc(CN2C[C@H]3OCC[C@H]3[C@H](C(=O)N3CCOCC3)C2)o1. The molecule has 6 nitrogen and oxygen atoms in total. The van der Waals surface area contributed by atoms with E-state index in [0.717, 1.165) is 44.2 Å². The van der Waals surface area contributed by atoms with Crippen molar-refractivity contribution in [1.82, 2.24) is 9.80 Å². The second kappa shape index (κ2) is 6.86. The number of aryl methyl sites for hydroxylation is 1. The van der Waals surface area contributed by atoms with E-state index in [-0.39, 0.29) is 17.9 Å². The van der Waals surface area contributed by atoms with Crippen LogP contribution in [0, 0.1) is 18.8 Å². The van der Waals surface area contributed by atoms with Gasteiger partial charge in [0.1, 0.15) is 11.5 Å². The van der Waals surface area contributed by atoms with E-state index in [4.69, 9.17) is 13.9 Å². The van der Waals surface area contributed by atoms with E-state index in [1.54, 1.807) is 0 Å². The number of carbonyl (C=O) groups excluding carboxylic acids is 1. The van der Waals surface area contributed by atoms with Crippen LogP contribution in [0.1, 0.15) is 17.9 Å². The minimum atomic E-state index is 0.0282. The molecule has 0 bridgehead atoms. The van der Waals surface area contributed by atoms with Crippen molar-refractivity contribution in [3.05, 3.63) is 23.7 Å². The molecule has 3 atom stereocenters. The third-order valence-corrected chi connectivity index (χ3v) is 5.49. The summed E-state index contributed by atoms with van der Waals surface area (Å²) in [6.07, 6.45) is 1.17. The van der Waals surface area contributed by atoms with Gasteiger partial charge in [0.05, 0.1) is 31.8 Å². The Morgan fingerprint density at radius 3 is 2.79 bits per heavy atom. The number of hydrogen-bond acceptors (Lipinski definition) is 5. The summed E-state index contributed by atoms with van der Waals surface area (Å²) in [7, 11) is 0. The molecule has 132 valence electrons. The molecule has 24 heavy (non-hydrogen) atoms. The highest BCUT2D eigenvalue weighted by Crippen LogP contribution is 2.35. The fraction of sp³-hybridized carbons (Fsp3) is 0.722. The highest BCUT2D eigenvalue weighted by Gasteiger charge is 2.45. The number of furan rings is 1. The minimum absolute atomic E-state index is 0.0282. The lowest BCUT2D eigenvalue weighted by Gasteiger charge is -2.41. The fourth-order valence-corrected chi connectivity index (χ4v) is 4.26. The van der Waals surface area contributed by atoms with E-state index in [1.807, 2.05) is 24.0 Å². The van der Waals surface area contributed by atoms with Crippen molar-refractivity contribution in [3.63, 3.8) is 0 Å². The van der Waals surface area contributed by atoms with Gasteiger partial charge in [0.25, 0.3) is 0 Å². The number of hydrogen-bond donors (Lipinski definition) is 0. The summed E-state index contributed by atoms with van der Waals surface area (Å²) in [5.74, 6) is 2.55. The van der Waals surface area contributed by atoms with Gasteiger partial charge in [-0.05, 0) is 25.5 Å². The van der Waals surface area contributed by atoms with Crippen molar-refractivity contribution in [3.8, 4) is 0 Å². The molecule has 1 amide bonds. The first-order valence-electron chi connectivity index (χ1n) is 8.96. The molecule has 3 aliphatic rings. The lowest BCUT2D eigenvalue weighted by atomic mass is 9.81. The summed E-state index contributed by atoms with van der Waals surface area (Å²) >= 11 is 0. The molecule has 0 unspecified atom stereocenters. The number of nitrogens with zero attached hydrogens (tertiary/aromatic N) is 2. The predicted molar refractivity (Wildman–Crippen MR) is 87.5 cm³/mol. The molecular weight excluding hydrogens is 308 g/mol. The van der Waals surface area contributed by atoms with Crippen LogP contribution in [0.3, 0.4) is 0 Å². The van der Waals surface area contributed by atoms with Crippen molar-refractivity contribution in [2.24, 2.45) is 11.8 Å². The number of piperidine rings is 1. The molecule has 3 fully saturated rings. The number of ether oxygens (including phenoxy) is 2. The van der Waals surface area contributed by atoms with Crippen LogP contribution in [-0.4, -0.2) is 67.8 Å². The van der Waals surface area contributed by atoms with Gasteiger partial charge < -0.3 is 18.8 Å². The zero-order chi connectivity index (χ0) is 16.5. The molecule has 0 saturated carbocycles. The van der Waals surface area contributed by atoms with Gasteiger partial charge in [0.15, 0.2) is 0 Å². The van der Waals surface area contributed by atoms with Crippen molar-refractivity contribution >= 4 is 5.91 Å². The number of likely N-dealkylation sites (tertiary alicyclic amines) is 1. The first-order valence-corrected chi connectivity index (χ1v) is 8.96. The fourth-order valence-electron chi connectivity index (χ4n) is 4.26. The standard InChI is InChI=1S/C18H26N2O4/c1-13-2-3-14(24-13)10-19-11-16(15-4-7-23-17(15)12-19)18(21)20-5-8-22-9-6-20/h2-3,15-17H,4-12H2,1H3/t15-,16+,17+/m0/s1. The molecule has 1 aromatic rings. The highest BCUT2D eigenvalue weighted by molar-refractivity contribution is 5.79. The maximum absolute atomic E-state index is 13.1. The van der Waals surface area contributed by atoms with Gasteiger partial charge in [0.2, 0.25) is 5.91 Å². The molecule has 6 heteroatoms. The maximum Gasteiger partial charge on any atom is 0.227 e. The van der Waals surface area contributed by atoms with E-state index in [1.165, 1.54) is 0 Å². The molecule has 4 heterocycles. The number of carbonyl (C=O) groups is 1. The molecule has 0 N–H and O–H groups in total. The molecule has 3 aliphatic heterocycles. The lowest BCUT2D eigenvalue weighted by molar-refractivity contribution is -0.146. The third-order valence-electron chi connectivity index (χ3n) is 5.49. The molecule has 0 spiro atoms. The van der Waals surface area contributed by atoms with Gasteiger partial charge in [-0.3, -0.25) is 9.69 Å². The van der Waals surface area contributed by atoms with E-state index in [0.29, 0.717) is 32.2 Å². The Morgan fingerprint density at radius 2 is 2.04 bits per heavy atom. The summed E-state index contributed by atoms with van der Waals surface area (Å²) < 4.78 is 17.0. The second-order valence-electron chi connectivity index (χ2n) is 7.11. The number of fused-ring (bicyclic) bond motifs is 1. The van der Waals surface area contributed by atoms with Gasteiger partial charge in [-0.1, -0.05) is 0 Å². The summed E-state index contributed by atoms with van der Waals surface area (Å²) in [4.78, 5) is 17.4. The molecule has 0 radical (unpaired) electrons. The van der Waals surface area contributed by atoms with Crippen LogP contribution < -0.4 is 0 Å². The van der Waals surface area contributed by atoms with E-state index < -0.39 is 0 Å². The van der Waals surface area contributed by atoms with Gasteiger partial charge in [-0.15, -0.1) is 0 Å². The van der Waals surface area contributed by atoms with Crippen LogP contribution in [0.4, 0.5) is 0 Å². The van der Waals surface area contributed by atoms with Crippen LogP contribution in [0.15, 0.2) is 16.5 Å². The second-order valence-corrected chi connectivity index (χ2v) is 7.11. The Hall–Kier alpha value is -1.37. The third kappa shape index (κ3) is 3.23. The van der Waals surface area contributed by atoms with E-state index >= 15 is 0 Å². The molecule has 0 aromatic carbocycles.